The first kappa shape index (κ1) is 8.97. The van der Waals surface area contributed by atoms with Gasteiger partial charge >= 0.3 is 0 Å². The fourth-order valence-electron chi connectivity index (χ4n) is 1.66. The second-order valence-corrected chi connectivity index (χ2v) is 2.98. The molecule has 0 aromatic carbocycles. The highest BCUT2D eigenvalue weighted by atomic mass is 16.7. The van der Waals surface area contributed by atoms with Crippen molar-refractivity contribution >= 4 is 0 Å². The maximum atomic E-state index is 9.57. The molecular weight excluding hydrogens is 144 g/mol. The Morgan fingerprint density at radius 2 is 1.91 bits per heavy atom. The topological polar surface area (TPSA) is 38.7 Å². The molecule has 0 spiro atoms. The van der Waals surface area contributed by atoms with E-state index in [1.807, 2.05) is 0 Å². The summed E-state index contributed by atoms with van der Waals surface area (Å²) >= 11 is 0. The first-order valence-corrected chi connectivity index (χ1v) is 4.03. The van der Waals surface area contributed by atoms with Gasteiger partial charge in [-0.05, 0) is 12.8 Å². The fraction of sp³-hybridized carbons (Fsp3) is 1.00. The first-order valence-electron chi connectivity index (χ1n) is 4.03. The van der Waals surface area contributed by atoms with Crippen LogP contribution in [0.25, 0.3) is 0 Å². The van der Waals surface area contributed by atoms with Gasteiger partial charge < -0.3 is 14.6 Å². The minimum Gasteiger partial charge on any atom is -0.388 e. The monoisotopic (exact) mass is 160 g/mol. The van der Waals surface area contributed by atoms with Crippen LogP contribution in [-0.2, 0) is 9.47 Å². The van der Waals surface area contributed by atoms with Crippen LogP contribution < -0.4 is 0 Å². The van der Waals surface area contributed by atoms with Gasteiger partial charge in [-0.3, -0.25) is 0 Å². The molecule has 0 heterocycles. The Hall–Kier alpha value is -0.120. The van der Waals surface area contributed by atoms with Crippen molar-refractivity contribution in [1.82, 2.24) is 0 Å². The molecule has 3 heteroatoms. The van der Waals surface area contributed by atoms with Gasteiger partial charge in [0, 0.05) is 20.6 Å². The summed E-state index contributed by atoms with van der Waals surface area (Å²) in [4.78, 5) is 0. The zero-order chi connectivity index (χ0) is 8.32. The molecule has 0 radical (unpaired) electrons. The number of rotatable bonds is 2. The quantitative estimate of drug-likeness (QED) is 0.610. The molecule has 1 atom stereocenters. The molecule has 1 aliphatic rings. The second-order valence-electron chi connectivity index (χ2n) is 2.98. The van der Waals surface area contributed by atoms with Crippen LogP contribution >= 0.6 is 0 Å². The summed E-state index contributed by atoms with van der Waals surface area (Å²) in [5.41, 5.74) is 0. The molecule has 1 N–H and O–H groups in total. The van der Waals surface area contributed by atoms with Gasteiger partial charge in [0.15, 0.2) is 5.79 Å². The number of ether oxygens (including phenoxy) is 2. The number of hydrogen-bond acceptors (Lipinski definition) is 3. The zero-order valence-corrected chi connectivity index (χ0v) is 7.17. The molecular formula is C8H16O3. The van der Waals surface area contributed by atoms with Crippen LogP contribution in [0.15, 0.2) is 0 Å². The van der Waals surface area contributed by atoms with E-state index in [4.69, 9.17) is 9.47 Å². The normalized spacial score (nSPS) is 30.3. The zero-order valence-electron chi connectivity index (χ0n) is 7.17. The number of aliphatic hydroxyl groups excluding tert-OH is 1. The maximum Gasteiger partial charge on any atom is 0.193 e. The van der Waals surface area contributed by atoms with Crippen LogP contribution in [0.2, 0.25) is 0 Å². The van der Waals surface area contributed by atoms with Gasteiger partial charge in [0.1, 0.15) is 6.10 Å². The van der Waals surface area contributed by atoms with Gasteiger partial charge in [0.25, 0.3) is 0 Å². The Labute approximate surface area is 67.3 Å². The molecule has 0 aliphatic heterocycles. The van der Waals surface area contributed by atoms with Gasteiger partial charge in [-0.1, -0.05) is 6.42 Å². The van der Waals surface area contributed by atoms with E-state index >= 15 is 0 Å². The molecule has 1 aliphatic carbocycles. The number of aliphatic hydroxyl groups is 1. The summed E-state index contributed by atoms with van der Waals surface area (Å²) < 4.78 is 10.3. The molecule has 0 unspecified atom stereocenters. The minimum absolute atomic E-state index is 0.466. The Balaban J connectivity index is 2.61. The van der Waals surface area contributed by atoms with E-state index in [-0.39, 0.29) is 0 Å². The van der Waals surface area contributed by atoms with Crippen molar-refractivity contribution in [2.45, 2.75) is 37.6 Å². The van der Waals surface area contributed by atoms with E-state index in [1.165, 1.54) is 0 Å². The Kier molecular flexibility index (Phi) is 2.87. The third-order valence-corrected chi connectivity index (χ3v) is 2.45. The van der Waals surface area contributed by atoms with Crippen molar-refractivity contribution in [2.24, 2.45) is 0 Å². The van der Waals surface area contributed by atoms with Crippen LogP contribution in [0.5, 0.6) is 0 Å². The lowest BCUT2D eigenvalue weighted by Crippen LogP contribution is -2.48. The summed E-state index contributed by atoms with van der Waals surface area (Å²) in [6.07, 6.45) is 3.24. The maximum absolute atomic E-state index is 9.57. The second kappa shape index (κ2) is 3.52. The third kappa shape index (κ3) is 1.55. The van der Waals surface area contributed by atoms with E-state index in [0.717, 1.165) is 25.7 Å². The highest BCUT2D eigenvalue weighted by molar-refractivity contribution is 4.83. The van der Waals surface area contributed by atoms with E-state index in [9.17, 15) is 5.11 Å². The molecule has 0 amide bonds. The summed E-state index contributed by atoms with van der Waals surface area (Å²) in [7, 11) is 3.16. The van der Waals surface area contributed by atoms with Crippen molar-refractivity contribution in [1.29, 1.82) is 0 Å². The molecule has 0 bridgehead atoms. The van der Waals surface area contributed by atoms with Gasteiger partial charge in [0.2, 0.25) is 0 Å². The van der Waals surface area contributed by atoms with Crippen molar-refractivity contribution in [3.8, 4) is 0 Å². The van der Waals surface area contributed by atoms with Crippen molar-refractivity contribution < 1.29 is 14.6 Å². The van der Waals surface area contributed by atoms with Crippen LogP contribution in [0.3, 0.4) is 0 Å². The van der Waals surface area contributed by atoms with Crippen LogP contribution in [0.4, 0.5) is 0 Å². The standard InChI is InChI=1S/C8H16O3/c1-10-8(11-2)6-4-3-5-7(8)9/h7,9H,3-6H2,1-2H3/t7-/m0/s1. The predicted octanol–water partition coefficient (Wildman–Crippen LogP) is 0.910. The van der Waals surface area contributed by atoms with Crippen LogP contribution in [0.1, 0.15) is 25.7 Å². The lowest BCUT2D eigenvalue weighted by molar-refractivity contribution is -0.272. The lowest BCUT2D eigenvalue weighted by atomic mass is 9.91. The predicted molar refractivity (Wildman–Crippen MR) is 41.2 cm³/mol. The molecule has 3 nitrogen and oxygen atoms in total. The third-order valence-electron chi connectivity index (χ3n) is 2.45. The molecule has 0 aromatic rings. The van der Waals surface area contributed by atoms with Gasteiger partial charge in [-0.25, -0.2) is 0 Å². The number of hydrogen-bond donors (Lipinski definition) is 1. The lowest BCUT2D eigenvalue weighted by Gasteiger charge is -2.38. The summed E-state index contributed by atoms with van der Waals surface area (Å²) in [5.74, 6) is -0.724. The first-order chi connectivity index (χ1) is 5.25. The average Bonchev–Trinajstić information content (AvgIpc) is 2.06. The van der Waals surface area contributed by atoms with Crippen molar-refractivity contribution in [3.63, 3.8) is 0 Å². The van der Waals surface area contributed by atoms with Crippen LogP contribution in [-0.4, -0.2) is 31.2 Å². The molecule has 1 fully saturated rings. The van der Waals surface area contributed by atoms with E-state index in [2.05, 4.69) is 0 Å². The van der Waals surface area contributed by atoms with E-state index in [0.29, 0.717) is 0 Å². The summed E-state index contributed by atoms with van der Waals surface area (Å²) in [6, 6.07) is 0. The smallest absolute Gasteiger partial charge is 0.193 e. The summed E-state index contributed by atoms with van der Waals surface area (Å²) in [5, 5.41) is 9.57. The van der Waals surface area contributed by atoms with E-state index in [1.54, 1.807) is 14.2 Å². The number of methoxy groups -OCH3 is 2. The molecule has 66 valence electrons. The Bertz CT molecular complexity index is 121. The summed E-state index contributed by atoms with van der Waals surface area (Å²) in [6.45, 7) is 0. The average molecular weight is 160 g/mol. The highest BCUT2D eigenvalue weighted by Crippen LogP contribution is 2.31. The van der Waals surface area contributed by atoms with E-state index < -0.39 is 11.9 Å². The molecule has 1 saturated carbocycles. The molecule has 0 saturated heterocycles. The van der Waals surface area contributed by atoms with Gasteiger partial charge in [0.05, 0.1) is 0 Å². The molecule has 1 rings (SSSR count). The van der Waals surface area contributed by atoms with Gasteiger partial charge in [-0.2, -0.15) is 0 Å². The van der Waals surface area contributed by atoms with Crippen molar-refractivity contribution in [2.75, 3.05) is 14.2 Å². The van der Waals surface area contributed by atoms with Crippen LogP contribution in [0, 0.1) is 0 Å². The van der Waals surface area contributed by atoms with Gasteiger partial charge in [-0.15, -0.1) is 0 Å². The van der Waals surface area contributed by atoms with Crippen molar-refractivity contribution in [3.05, 3.63) is 0 Å². The molecule has 11 heavy (non-hydrogen) atoms. The largest absolute Gasteiger partial charge is 0.388 e. The highest BCUT2D eigenvalue weighted by Gasteiger charge is 2.40. The minimum atomic E-state index is -0.724. The SMILES string of the molecule is COC1(OC)CCCC[C@@H]1O. The Morgan fingerprint density at radius 3 is 2.27 bits per heavy atom. The fourth-order valence-corrected chi connectivity index (χ4v) is 1.66. The Morgan fingerprint density at radius 1 is 1.27 bits per heavy atom. The molecule has 0 aromatic heterocycles.